The summed E-state index contributed by atoms with van der Waals surface area (Å²) in [6, 6.07) is 6.66. The number of aryl methyl sites for hydroxylation is 1. The van der Waals surface area contributed by atoms with Gasteiger partial charge in [0.2, 0.25) is 0 Å². The van der Waals surface area contributed by atoms with Crippen molar-refractivity contribution in [1.82, 2.24) is 14.9 Å². The van der Waals surface area contributed by atoms with Crippen molar-refractivity contribution in [3.05, 3.63) is 56.7 Å². The summed E-state index contributed by atoms with van der Waals surface area (Å²) in [7, 11) is 0. The van der Waals surface area contributed by atoms with Gasteiger partial charge in [0.25, 0.3) is 5.91 Å². The zero-order valence-corrected chi connectivity index (χ0v) is 14.6. The van der Waals surface area contributed by atoms with Gasteiger partial charge in [0.1, 0.15) is 15.7 Å². The van der Waals surface area contributed by atoms with Gasteiger partial charge in [0.05, 0.1) is 23.4 Å². The molecule has 0 N–H and O–H groups in total. The highest BCUT2D eigenvalue weighted by molar-refractivity contribution is 7.15. The Hall–Kier alpha value is -2.12. The minimum atomic E-state index is -0.267. The quantitative estimate of drug-likeness (QED) is 0.697. The number of hydrogen-bond donors (Lipinski definition) is 0. The highest BCUT2D eigenvalue weighted by Crippen LogP contribution is 2.33. The molecule has 4 rings (SSSR count). The maximum Gasteiger partial charge on any atom is 0.266 e. The van der Waals surface area contributed by atoms with Crippen molar-refractivity contribution >= 4 is 28.6 Å². The molecule has 4 nitrogen and oxygen atoms in total. The number of hydrogen-bond acceptors (Lipinski definition) is 5. The maximum atomic E-state index is 14.0. The van der Waals surface area contributed by atoms with Crippen LogP contribution >= 0.6 is 22.7 Å². The van der Waals surface area contributed by atoms with E-state index in [0.717, 1.165) is 16.3 Å². The minimum absolute atomic E-state index is 0.0153. The topological polar surface area (TPSA) is 46.1 Å². The highest BCUT2D eigenvalue weighted by Gasteiger charge is 2.27. The number of benzene rings is 1. The molecule has 0 unspecified atom stereocenters. The molecule has 0 fully saturated rings. The number of carbonyl (C=O) groups is 1. The summed E-state index contributed by atoms with van der Waals surface area (Å²) in [5, 5.41) is 0.682. The normalized spacial score (nSPS) is 13.8. The molecule has 122 valence electrons. The van der Waals surface area contributed by atoms with Crippen molar-refractivity contribution in [2.75, 3.05) is 6.54 Å². The first kappa shape index (κ1) is 15.4. The summed E-state index contributed by atoms with van der Waals surface area (Å²) in [5.41, 5.74) is 3.96. The van der Waals surface area contributed by atoms with Crippen LogP contribution in [0.4, 0.5) is 4.39 Å². The van der Waals surface area contributed by atoms with E-state index in [1.807, 2.05) is 11.8 Å². The molecule has 0 radical (unpaired) electrons. The monoisotopic (exact) mass is 359 g/mol. The lowest BCUT2D eigenvalue weighted by molar-refractivity contribution is 0.0740. The number of nitrogens with zero attached hydrogens (tertiary/aromatic N) is 3. The zero-order chi connectivity index (χ0) is 16.7. The molecule has 1 aliphatic heterocycles. The van der Waals surface area contributed by atoms with Crippen molar-refractivity contribution in [2.24, 2.45) is 0 Å². The molecule has 1 aliphatic rings. The van der Waals surface area contributed by atoms with Crippen molar-refractivity contribution in [1.29, 1.82) is 0 Å². The SMILES string of the molecule is Cc1ncsc1C(=O)N1CCc2nc(-c3ccccc3F)sc2C1. The Morgan fingerprint density at radius 2 is 2.17 bits per heavy atom. The fourth-order valence-corrected chi connectivity index (χ4v) is 4.69. The molecule has 0 saturated carbocycles. The highest BCUT2D eigenvalue weighted by atomic mass is 32.1. The molecule has 3 heterocycles. The zero-order valence-electron chi connectivity index (χ0n) is 13.0. The number of aromatic nitrogens is 2. The van der Waals surface area contributed by atoms with Crippen LogP contribution in [0.1, 0.15) is 25.9 Å². The van der Waals surface area contributed by atoms with Crippen LogP contribution in [0.25, 0.3) is 10.6 Å². The van der Waals surface area contributed by atoms with E-state index in [2.05, 4.69) is 9.97 Å². The second-order valence-corrected chi connectivity index (χ2v) is 7.55. The third-order valence-electron chi connectivity index (χ3n) is 4.06. The van der Waals surface area contributed by atoms with E-state index in [4.69, 9.17) is 0 Å². The lowest BCUT2D eigenvalue weighted by atomic mass is 10.1. The van der Waals surface area contributed by atoms with Gasteiger partial charge >= 0.3 is 0 Å². The Bertz CT molecular complexity index is 918. The third-order valence-corrected chi connectivity index (χ3v) is 6.09. The number of rotatable bonds is 2. The molecule has 0 saturated heterocycles. The van der Waals surface area contributed by atoms with Gasteiger partial charge in [-0.3, -0.25) is 4.79 Å². The van der Waals surface area contributed by atoms with Crippen LogP contribution in [0.3, 0.4) is 0 Å². The lowest BCUT2D eigenvalue weighted by Crippen LogP contribution is -2.35. The van der Waals surface area contributed by atoms with E-state index in [0.29, 0.717) is 35.0 Å². The molecule has 3 aromatic rings. The number of carbonyl (C=O) groups excluding carboxylic acids is 1. The first-order valence-corrected chi connectivity index (χ1v) is 9.26. The van der Waals surface area contributed by atoms with E-state index in [-0.39, 0.29) is 11.7 Å². The van der Waals surface area contributed by atoms with Crippen LogP contribution in [-0.2, 0) is 13.0 Å². The van der Waals surface area contributed by atoms with E-state index in [1.165, 1.54) is 28.7 Å². The van der Waals surface area contributed by atoms with E-state index in [9.17, 15) is 9.18 Å². The molecular formula is C17H14FN3OS2. The van der Waals surface area contributed by atoms with Crippen LogP contribution in [-0.4, -0.2) is 27.3 Å². The Kier molecular flexibility index (Phi) is 3.90. The van der Waals surface area contributed by atoms with Gasteiger partial charge in [-0.1, -0.05) is 12.1 Å². The minimum Gasteiger partial charge on any atom is -0.332 e. The van der Waals surface area contributed by atoms with Crippen LogP contribution < -0.4 is 0 Å². The van der Waals surface area contributed by atoms with Gasteiger partial charge in [-0.05, 0) is 19.1 Å². The first-order valence-electron chi connectivity index (χ1n) is 7.56. The summed E-state index contributed by atoms with van der Waals surface area (Å²) in [6.45, 7) is 3.00. The molecule has 1 aromatic carbocycles. The average molecular weight is 359 g/mol. The third kappa shape index (κ3) is 2.63. The summed E-state index contributed by atoms with van der Waals surface area (Å²) in [4.78, 5) is 24.9. The molecule has 0 aliphatic carbocycles. The van der Waals surface area contributed by atoms with Crippen molar-refractivity contribution < 1.29 is 9.18 Å². The smallest absolute Gasteiger partial charge is 0.266 e. The maximum absolute atomic E-state index is 14.0. The van der Waals surface area contributed by atoms with Gasteiger partial charge in [0, 0.05) is 23.4 Å². The lowest BCUT2D eigenvalue weighted by Gasteiger charge is -2.25. The van der Waals surface area contributed by atoms with Crippen LogP contribution in [0.2, 0.25) is 0 Å². The number of thiazole rings is 2. The molecule has 7 heteroatoms. The van der Waals surface area contributed by atoms with Crippen LogP contribution in [0, 0.1) is 12.7 Å². The second-order valence-electron chi connectivity index (χ2n) is 5.61. The average Bonchev–Trinajstić information content (AvgIpc) is 3.19. The van der Waals surface area contributed by atoms with Crippen LogP contribution in [0.5, 0.6) is 0 Å². The molecular weight excluding hydrogens is 345 g/mol. The molecule has 0 spiro atoms. The molecule has 2 aromatic heterocycles. The van der Waals surface area contributed by atoms with Crippen molar-refractivity contribution in [3.63, 3.8) is 0 Å². The number of fused-ring (bicyclic) bond motifs is 1. The predicted molar refractivity (Wildman–Crippen MR) is 92.8 cm³/mol. The molecule has 0 bridgehead atoms. The van der Waals surface area contributed by atoms with Crippen LogP contribution in [0.15, 0.2) is 29.8 Å². The Balaban J connectivity index is 1.61. The standard InChI is InChI=1S/C17H14FN3OS2/c1-10-15(23-9-19-10)17(22)21-7-6-13-14(8-21)24-16(20-13)11-4-2-3-5-12(11)18/h2-5,9H,6-8H2,1H3. The van der Waals surface area contributed by atoms with Gasteiger partial charge in [-0.25, -0.2) is 14.4 Å². The van der Waals surface area contributed by atoms with Gasteiger partial charge in [-0.2, -0.15) is 0 Å². The number of halogens is 1. The fourth-order valence-electron chi connectivity index (χ4n) is 2.77. The Morgan fingerprint density at radius 3 is 2.92 bits per heavy atom. The van der Waals surface area contributed by atoms with Gasteiger partial charge < -0.3 is 4.90 Å². The number of amides is 1. The molecule has 1 amide bonds. The summed E-state index contributed by atoms with van der Waals surface area (Å²) >= 11 is 2.84. The molecule has 0 atom stereocenters. The fraction of sp³-hybridized carbons (Fsp3) is 0.235. The van der Waals surface area contributed by atoms with E-state index >= 15 is 0 Å². The summed E-state index contributed by atoms with van der Waals surface area (Å²) in [5.74, 6) is -0.252. The van der Waals surface area contributed by atoms with Gasteiger partial charge in [-0.15, -0.1) is 22.7 Å². The Morgan fingerprint density at radius 1 is 1.33 bits per heavy atom. The Labute approximate surface area is 146 Å². The first-order chi connectivity index (χ1) is 11.6. The predicted octanol–water partition coefficient (Wildman–Crippen LogP) is 3.91. The van der Waals surface area contributed by atoms with E-state index < -0.39 is 0 Å². The largest absolute Gasteiger partial charge is 0.332 e. The van der Waals surface area contributed by atoms with Crippen molar-refractivity contribution in [2.45, 2.75) is 19.9 Å². The summed E-state index contributed by atoms with van der Waals surface area (Å²) in [6.07, 6.45) is 0.698. The van der Waals surface area contributed by atoms with Crippen molar-refractivity contribution in [3.8, 4) is 10.6 Å². The van der Waals surface area contributed by atoms with Gasteiger partial charge in [0.15, 0.2) is 0 Å². The molecule has 24 heavy (non-hydrogen) atoms. The second kappa shape index (κ2) is 6.07. The van der Waals surface area contributed by atoms with E-state index in [1.54, 1.807) is 23.7 Å². The summed E-state index contributed by atoms with van der Waals surface area (Å²) < 4.78 is 14.0.